The van der Waals surface area contributed by atoms with Crippen molar-refractivity contribution in [3.05, 3.63) is 67.1 Å². The molecule has 0 bridgehead atoms. The summed E-state index contributed by atoms with van der Waals surface area (Å²) in [6.45, 7) is 0. The normalized spacial score (nSPS) is 12.4. The number of phenolic OH excluding ortho intramolecular Hbond substituents is 1. The summed E-state index contributed by atoms with van der Waals surface area (Å²) in [5.41, 5.74) is 2.71. The Balaban J connectivity index is 1.79. The number of benzene rings is 2. The third kappa shape index (κ3) is 2.81. The van der Waals surface area contributed by atoms with Gasteiger partial charge in [0.05, 0.1) is 21.2 Å². The Hall–Kier alpha value is -2.99. The number of hydrogen-bond donors (Lipinski definition) is 1. The van der Waals surface area contributed by atoms with Crippen LogP contribution in [0, 0.1) is 0 Å². The Morgan fingerprint density at radius 1 is 0.960 bits per heavy atom. The molecule has 2 aromatic heterocycles. The fourth-order valence-electron chi connectivity index (χ4n) is 2.79. The van der Waals surface area contributed by atoms with Gasteiger partial charge in [-0.3, -0.25) is 8.78 Å². The third-order valence-electron chi connectivity index (χ3n) is 4.04. The van der Waals surface area contributed by atoms with E-state index < -0.39 is 10.8 Å². The maximum absolute atomic E-state index is 12.0. The fourth-order valence-corrected chi connectivity index (χ4v) is 3.53. The molecule has 0 aliphatic carbocycles. The van der Waals surface area contributed by atoms with Gasteiger partial charge in [0.2, 0.25) is 5.95 Å². The maximum atomic E-state index is 12.0. The zero-order chi connectivity index (χ0) is 17.4. The van der Waals surface area contributed by atoms with E-state index in [4.69, 9.17) is 0 Å². The minimum atomic E-state index is -1.09. The minimum absolute atomic E-state index is 0.222. The van der Waals surface area contributed by atoms with Gasteiger partial charge in [0, 0.05) is 35.8 Å². The molecule has 0 fully saturated rings. The Morgan fingerprint density at radius 2 is 1.64 bits per heavy atom. The summed E-state index contributed by atoms with van der Waals surface area (Å²) >= 11 is 0. The molecule has 2 aromatic carbocycles. The van der Waals surface area contributed by atoms with Crippen LogP contribution in [0.3, 0.4) is 0 Å². The SMILES string of the molecule is CS(=O)c1cn(-c2ncc(-c3ccc(O)cc3)cn2)c2ccccc12. The molecule has 0 aliphatic heterocycles. The fraction of sp³-hybridized carbons (Fsp3) is 0.0526. The number of rotatable bonds is 3. The smallest absolute Gasteiger partial charge is 0.234 e. The van der Waals surface area contributed by atoms with Crippen molar-refractivity contribution in [2.24, 2.45) is 0 Å². The van der Waals surface area contributed by atoms with Crippen molar-refractivity contribution < 1.29 is 9.32 Å². The van der Waals surface area contributed by atoms with Crippen molar-refractivity contribution in [3.8, 4) is 22.8 Å². The molecule has 0 aliphatic rings. The first-order valence-corrected chi connectivity index (χ1v) is 9.24. The van der Waals surface area contributed by atoms with Crippen LogP contribution in [0.2, 0.25) is 0 Å². The first-order valence-electron chi connectivity index (χ1n) is 7.69. The number of phenols is 1. The van der Waals surface area contributed by atoms with Crippen LogP contribution in [-0.4, -0.2) is 30.1 Å². The Labute approximate surface area is 147 Å². The van der Waals surface area contributed by atoms with E-state index in [1.165, 1.54) is 0 Å². The van der Waals surface area contributed by atoms with Crippen molar-refractivity contribution >= 4 is 21.7 Å². The number of aromatic nitrogens is 3. The van der Waals surface area contributed by atoms with Crippen LogP contribution in [-0.2, 0) is 10.8 Å². The van der Waals surface area contributed by atoms with Gasteiger partial charge in [-0.1, -0.05) is 30.3 Å². The summed E-state index contributed by atoms with van der Waals surface area (Å²) in [6, 6.07) is 14.7. The molecule has 25 heavy (non-hydrogen) atoms. The van der Waals surface area contributed by atoms with Crippen molar-refractivity contribution in [2.75, 3.05) is 6.26 Å². The number of aromatic hydroxyl groups is 1. The average molecular weight is 349 g/mol. The minimum Gasteiger partial charge on any atom is -0.508 e. The van der Waals surface area contributed by atoms with Crippen LogP contribution in [0.1, 0.15) is 0 Å². The van der Waals surface area contributed by atoms with Crippen LogP contribution in [0.15, 0.2) is 72.0 Å². The average Bonchev–Trinajstić information content (AvgIpc) is 3.03. The zero-order valence-corrected chi connectivity index (χ0v) is 14.3. The first kappa shape index (κ1) is 15.5. The van der Waals surface area contributed by atoms with Crippen LogP contribution in [0.25, 0.3) is 28.0 Å². The second kappa shape index (κ2) is 6.14. The molecular formula is C19H15N3O2S. The quantitative estimate of drug-likeness (QED) is 0.614. The van der Waals surface area contributed by atoms with Crippen molar-refractivity contribution in [2.45, 2.75) is 4.90 Å². The second-order valence-corrected chi connectivity index (χ2v) is 7.00. The molecule has 0 amide bonds. The highest BCUT2D eigenvalue weighted by molar-refractivity contribution is 7.84. The Kier molecular flexibility index (Phi) is 3.82. The van der Waals surface area contributed by atoms with Crippen molar-refractivity contribution in [3.63, 3.8) is 0 Å². The standard InChI is InChI=1S/C19H15N3O2S/c1-25(24)18-12-22(17-5-3-2-4-16(17)18)19-20-10-14(11-21-19)13-6-8-15(23)9-7-13/h2-12,23H,1H3. The zero-order valence-electron chi connectivity index (χ0n) is 13.5. The van der Waals surface area contributed by atoms with Gasteiger partial charge in [0.15, 0.2) is 0 Å². The summed E-state index contributed by atoms with van der Waals surface area (Å²) in [7, 11) is -1.09. The number of hydrogen-bond acceptors (Lipinski definition) is 4. The Bertz CT molecular complexity index is 1070. The highest BCUT2D eigenvalue weighted by Crippen LogP contribution is 2.26. The summed E-state index contributed by atoms with van der Waals surface area (Å²) in [5, 5.41) is 10.3. The number of para-hydroxylation sites is 1. The van der Waals surface area contributed by atoms with Gasteiger partial charge in [-0.05, 0) is 23.8 Å². The van der Waals surface area contributed by atoms with Crippen LogP contribution in [0.4, 0.5) is 0 Å². The van der Waals surface area contributed by atoms with Gasteiger partial charge in [0.1, 0.15) is 5.75 Å². The monoisotopic (exact) mass is 349 g/mol. The van der Waals surface area contributed by atoms with Gasteiger partial charge < -0.3 is 5.11 Å². The largest absolute Gasteiger partial charge is 0.508 e. The topological polar surface area (TPSA) is 68.0 Å². The lowest BCUT2D eigenvalue weighted by Gasteiger charge is -2.05. The van der Waals surface area contributed by atoms with Crippen LogP contribution < -0.4 is 0 Å². The highest BCUT2D eigenvalue weighted by Gasteiger charge is 2.13. The van der Waals surface area contributed by atoms with E-state index in [9.17, 15) is 9.32 Å². The van der Waals surface area contributed by atoms with Crippen molar-refractivity contribution in [1.29, 1.82) is 0 Å². The van der Waals surface area contributed by atoms with E-state index in [1.54, 1.807) is 30.8 Å². The van der Waals surface area contributed by atoms with E-state index in [-0.39, 0.29) is 5.75 Å². The summed E-state index contributed by atoms with van der Waals surface area (Å²) < 4.78 is 13.9. The number of nitrogens with zero attached hydrogens (tertiary/aromatic N) is 3. The van der Waals surface area contributed by atoms with Crippen LogP contribution in [0.5, 0.6) is 5.75 Å². The summed E-state index contributed by atoms with van der Waals surface area (Å²) in [4.78, 5) is 9.69. The van der Waals surface area contributed by atoms with E-state index in [2.05, 4.69) is 9.97 Å². The molecule has 2 heterocycles. The number of fused-ring (bicyclic) bond motifs is 1. The van der Waals surface area contributed by atoms with Crippen LogP contribution >= 0.6 is 0 Å². The first-order chi connectivity index (χ1) is 12.1. The lowest BCUT2D eigenvalue weighted by Crippen LogP contribution is -1.99. The Morgan fingerprint density at radius 3 is 2.32 bits per heavy atom. The van der Waals surface area contributed by atoms with Gasteiger partial charge in [0.25, 0.3) is 0 Å². The molecule has 1 atom stereocenters. The van der Waals surface area contributed by atoms with E-state index >= 15 is 0 Å². The van der Waals surface area contributed by atoms with Crippen molar-refractivity contribution in [1.82, 2.24) is 14.5 Å². The van der Waals surface area contributed by atoms with E-state index in [0.717, 1.165) is 26.9 Å². The third-order valence-corrected chi connectivity index (χ3v) is 4.98. The molecule has 1 unspecified atom stereocenters. The highest BCUT2D eigenvalue weighted by atomic mass is 32.2. The lowest BCUT2D eigenvalue weighted by atomic mass is 10.1. The molecule has 0 saturated heterocycles. The van der Waals surface area contributed by atoms with Gasteiger partial charge in [-0.2, -0.15) is 0 Å². The molecule has 4 rings (SSSR count). The molecule has 4 aromatic rings. The second-order valence-electron chi connectivity index (χ2n) is 5.65. The summed E-state index contributed by atoms with van der Waals surface area (Å²) in [5.74, 6) is 0.746. The van der Waals surface area contributed by atoms with Gasteiger partial charge >= 0.3 is 0 Å². The summed E-state index contributed by atoms with van der Waals surface area (Å²) in [6.07, 6.45) is 6.98. The lowest BCUT2D eigenvalue weighted by molar-refractivity contribution is 0.475. The molecule has 5 nitrogen and oxygen atoms in total. The van der Waals surface area contributed by atoms with E-state index in [1.807, 2.05) is 47.2 Å². The molecule has 1 N–H and O–H groups in total. The molecule has 0 radical (unpaired) electrons. The molecular weight excluding hydrogens is 334 g/mol. The molecule has 0 saturated carbocycles. The predicted octanol–water partition coefficient (Wildman–Crippen LogP) is 3.53. The maximum Gasteiger partial charge on any atom is 0.234 e. The van der Waals surface area contributed by atoms with Gasteiger partial charge in [-0.15, -0.1) is 0 Å². The predicted molar refractivity (Wildman–Crippen MR) is 98.3 cm³/mol. The molecule has 0 spiro atoms. The molecule has 124 valence electrons. The van der Waals surface area contributed by atoms with E-state index in [0.29, 0.717) is 5.95 Å². The van der Waals surface area contributed by atoms with Gasteiger partial charge in [-0.25, -0.2) is 9.97 Å². The molecule has 6 heteroatoms.